The van der Waals surface area contributed by atoms with Crippen molar-refractivity contribution in [3.63, 3.8) is 0 Å². The third kappa shape index (κ3) is 7.88. The number of benzene rings is 3. The molecule has 0 bridgehead atoms. The third-order valence-corrected chi connectivity index (χ3v) is 5.82. The van der Waals surface area contributed by atoms with Gasteiger partial charge in [-0.3, -0.25) is 9.59 Å². The highest BCUT2D eigenvalue weighted by Gasteiger charge is 2.29. The van der Waals surface area contributed by atoms with E-state index in [0.717, 1.165) is 28.2 Å². The summed E-state index contributed by atoms with van der Waals surface area (Å²) in [5.41, 5.74) is 3.11. The van der Waals surface area contributed by atoms with E-state index in [0.29, 0.717) is 26.0 Å². The Morgan fingerprint density at radius 1 is 0.914 bits per heavy atom. The predicted molar refractivity (Wildman–Crippen MR) is 137 cm³/mol. The fourth-order valence-electron chi connectivity index (χ4n) is 3.96. The monoisotopic (exact) mass is 474 g/mol. The Labute approximate surface area is 207 Å². The summed E-state index contributed by atoms with van der Waals surface area (Å²) in [4.78, 5) is 28.1. The van der Waals surface area contributed by atoms with Gasteiger partial charge in [0.25, 0.3) is 0 Å². The van der Waals surface area contributed by atoms with Crippen LogP contribution >= 0.6 is 0 Å². The molecule has 1 unspecified atom stereocenters. The molecule has 0 aromatic heterocycles. The minimum absolute atomic E-state index is 0.0747. The smallest absolute Gasteiger partial charge is 0.242 e. The number of ether oxygens (including phenoxy) is 2. The van der Waals surface area contributed by atoms with Gasteiger partial charge in [-0.1, -0.05) is 60.2 Å². The second-order valence-corrected chi connectivity index (χ2v) is 8.46. The Bertz CT molecular complexity index is 1080. The second-order valence-electron chi connectivity index (χ2n) is 8.46. The van der Waals surface area contributed by atoms with Crippen molar-refractivity contribution in [1.29, 1.82) is 0 Å². The van der Waals surface area contributed by atoms with Gasteiger partial charge in [0.2, 0.25) is 11.8 Å². The van der Waals surface area contributed by atoms with Crippen LogP contribution in [-0.4, -0.2) is 43.5 Å². The molecule has 0 saturated carbocycles. The van der Waals surface area contributed by atoms with Crippen LogP contribution in [0, 0.1) is 6.92 Å². The predicted octanol–water partition coefficient (Wildman–Crippen LogP) is 4.55. The summed E-state index contributed by atoms with van der Waals surface area (Å²) in [5.74, 6) is 1.24. The van der Waals surface area contributed by atoms with Gasteiger partial charge in [0.05, 0.1) is 13.7 Å². The highest BCUT2D eigenvalue weighted by atomic mass is 16.5. The van der Waals surface area contributed by atoms with Gasteiger partial charge in [-0.05, 0) is 48.7 Å². The van der Waals surface area contributed by atoms with Gasteiger partial charge in [0.1, 0.15) is 17.5 Å². The van der Waals surface area contributed by atoms with Crippen molar-refractivity contribution in [3.8, 4) is 11.5 Å². The van der Waals surface area contributed by atoms with Crippen LogP contribution in [0.3, 0.4) is 0 Å². The molecule has 0 aliphatic rings. The highest BCUT2D eigenvalue weighted by Crippen LogP contribution is 2.19. The number of rotatable bonds is 12. The van der Waals surface area contributed by atoms with Gasteiger partial charge in [0.15, 0.2) is 0 Å². The number of hydrogen-bond donors (Lipinski definition) is 1. The lowest BCUT2D eigenvalue weighted by Crippen LogP contribution is -2.49. The Kier molecular flexibility index (Phi) is 9.72. The van der Waals surface area contributed by atoms with Gasteiger partial charge >= 0.3 is 0 Å². The number of nitrogens with zero attached hydrogens (tertiary/aromatic N) is 1. The van der Waals surface area contributed by atoms with Gasteiger partial charge in [-0.2, -0.15) is 0 Å². The lowest BCUT2D eigenvalue weighted by atomic mass is 10.0. The Morgan fingerprint density at radius 2 is 1.60 bits per heavy atom. The summed E-state index contributed by atoms with van der Waals surface area (Å²) in [6.07, 6.45) is 1.27. The molecule has 3 aromatic rings. The molecule has 0 aliphatic heterocycles. The highest BCUT2D eigenvalue weighted by molar-refractivity contribution is 5.87. The van der Waals surface area contributed by atoms with Crippen molar-refractivity contribution < 1.29 is 19.1 Å². The minimum atomic E-state index is -0.613. The summed E-state index contributed by atoms with van der Waals surface area (Å²) in [6.45, 7) is 2.79. The summed E-state index contributed by atoms with van der Waals surface area (Å²) in [7, 11) is 3.23. The molecule has 3 rings (SSSR count). The van der Waals surface area contributed by atoms with E-state index in [9.17, 15) is 9.59 Å². The molecular formula is C29H34N2O4. The molecule has 0 spiro atoms. The van der Waals surface area contributed by atoms with Crippen LogP contribution < -0.4 is 14.8 Å². The first kappa shape index (κ1) is 25.8. The molecular weight excluding hydrogens is 440 g/mol. The topological polar surface area (TPSA) is 67.9 Å². The number of carbonyl (C=O) groups is 2. The van der Waals surface area contributed by atoms with E-state index >= 15 is 0 Å². The van der Waals surface area contributed by atoms with E-state index in [4.69, 9.17) is 9.47 Å². The van der Waals surface area contributed by atoms with Crippen LogP contribution in [0.15, 0.2) is 78.9 Å². The van der Waals surface area contributed by atoms with Crippen molar-refractivity contribution >= 4 is 11.8 Å². The molecule has 35 heavy (non-hydrogen) atoms. The number of nitrogens with one attached hydrogen (secondary N) is 1. The summed E-state index contributed by atoms with van der Waals surface area (Å²) in [5, 5.41) is 2.75. The molecule has 2 amide bonds. The maximum Gasteiger partial charge on any atom is 0.242 e. The van der Waals surface area contributed by atoms with Gasteiger partial charge in [-0.15, -0.1) is 0 Å². The lowest BCUT2D eigenvalue weighted by Gasteiger charge is -2.31. The third-order valence-electron chi connectivity index (χ3n) is 5.82. The van der Waals surface area contributed by atoms with E-state index in [2.05, 4.69) is 11.4 Å². The van der Waals surface area contributed by atoms with Gasteiger partial charge in [0, 0.05) is 26.4 Å². The van der Waals surface area contributed by atoms with E-state index in [1.54, 1.807) is 19.1 Å². The maximum atomic E-state index is 13.5. The number of hydrogen-bond acceptors (Lipinski definition) is 4. The van der Waals surface area contributed by atoms with Crippen LogP contribution in [-0.2, 0) is 22.6 Å². The van der Waals surface area contributed by atoms with Crippen LogP contribution in [0.2, 0.25) is 0 Å². The summed E-state index contributed by atoms with van der Waals surface area (Å²) >= 11 is 0. The molecule has 0 heterocycles. The molecule has 0 fully saturated rings. The zero-order valence-electron chi connectivity index (χ0n) is 20.7. The van der Waals surface area contributed by atoms with Gasteiger partial charge in [-0.25, -0.2) is 0 Å². The zero-order chi connectivity index (χ0) is 25.0. The molecule has 6 nitrogen and oxygen atoms in total. The first-order chi connectivity index (χ1) is 17.0. The molecule has 0 saturated heterocycles. The summed E-state index contributed by atoms with van der Waals surface area (Å²) < 4.78 is 11.0. The quantitative estimate of drug-likeness (QED) is 0.391. The average Bonchev–Trinajstić information content (AvgIpc) is 2.89. The fourth-order valence-corrected chi connectivity index (χ4v) is 3.96. The number of methoxy groups -OCH3 is 1. The maximum absolute atomic E-state index is 13.5. The van der Waals surface area contributed by atoms with E-state index in [-0.39, 0.29) is 18.2 Å². The molecule has 6 heteroatoms. The van der Waals surface area contributed by atoms with Crippen molar-refractivity contribution in [2.24, 2.45) is 0 Å². The number of amides is 2. The molecule has 0 aliphatic carbocycles. The number of likely N-dealkylation sites (N-methyl/N-ethyl adjacent to an activating group) is 1. The van der Waals surface area contributed by atoms with Crippen LogP contribution in [0.25, 0.3) is 0 Å². The number of aryl methyl sites for hydroxylation is 1. The average molecular weight is 475 g/mol. The van der Waals surface area contributed by atoms with Gasteiger partial charge < -0.3 is 19.7 Å². The molecule has 1 N–H and O–H groups in total. The first-order valence-electron chi connectivity index (χ1n) is 11.9. The van der Waals surface area contributed by atoms with Crippen molar-refractivity contribution in [1.82, 2.24) is 10.2 Å². The zero-order valence-corrected chi connectivity index (χ0v) is 20.7. The summed E-state index contributed by atoms with van der Waals surface area (Å²) in [6, 6.07) is 24.6. The van der Waals surface area contributed by atoms with E-state index < -0.39 is 6.04 Å². The second kappa shape index (κ2) is 13.2. The minimum Gasteiger partial charge on any atom is -0.497 e. The van der Waals surface area contributed by atoms with Crippen molar-refractivity contribution in [3.05, 3.63) is 95.6 Å². The molecule has 184 valence electrons. The number of carbonyl (C=O) groups excluding carboxylic acids is 2. The largest absolute Gasteiger partial charge is 0.497 e. The SMILES string of the molecule is CNC(=O)C(Cc1ccccc1)N(Cc1cccc(C)c1)C(=O)CCCOc1ccc(OC)cc1. The molecule has 1 atom stereocenters. The van der Waals surface area contributed by atoms with Crippen LogP contribution in [0.5, 0.6) is 11.5 Å². The Morgan fingerprint density at radius 3 is 2.26 bits per heavy atom. The van der Waals surface area contributed by atoms with Crippen molar-refractivity contribution in [2.45, 2.75) is 38.8 Å². The van der Waals surface area contributed by atoms with E-state index in [1.165, 1.54) is 0 Å². The van der Waals surface area contributed by atoms with E-state index in [1.807, 2.05) is 79.7 Å². The van der Waals surface area contributed by atoms with Crippen LogP contribution in [0.1, 0.15) is 29.5 Å². The van der Waals surface area contributed by atoms with Crippen LogP contribution in [0.4, 0.5) is 0 Å². The molecule has 0 radical (unpaired) electrons. The first-order valence-corrected chi connectivity index (χ1v) is 11.9. The van der Waals surface area contributed by atoms with Crippen molar-refractivity contribution in [2.75, 3.05) is 20.8 Å². The normalized spacial score (nSPS) is 11.4. The molecule has 3 aromatic carbocycles. The fraction of sp³-hybridized carbons (Fsp3) is 0.310. The standard InChI is InChI=1S/C29H34N2O4/c1-22-9-7-12-24(19-22)21-31(27(29(33)30-2)20-23-10-5-4-6-11-23)28(32)13-8-18-35-26-16-14-25(34-3)15-17-26/h4-7,9-12,14-17,19,27H,8,13,18,20-21H2,1-3H3,(H,30,33). The Balaban J connectivity index is 1.72. The lowest BCUT2D eigenvalue weighted by molar-refractivity contribution is -0.141. The Hall–Kier alpha value is -3.80.